The molecule has 3 nitrogen and oxygen atoms in total. The fourth-order valence-electron chi connectivity index (χ4n) is 2.60. The third kappa shape index (κ3) is 3.17. The molecule has 1 fully saturated rings. The molecule has 1 saturated carbocycles. The summed E-state index contributed by atoms with van der Waals surface area (Å²) in [6.45, 7) is 2.10. The lowest BCUT2D eigenvalue weighted by Crippen LogP contribution is -2.44. The van der Waals surface area contributed by atoms with E-state index >= 15 is 0 Å². The SMILES string of the molecule is CCCC1CCCC(O)(C(F)C(=O)O)CC1. The van der Waals surface area contributed by atoms with Gasteiger partial charge in [0.05, 0.1) is 0 Å². The van der Waals surface area contributed by atoms with Crippen LogP contribution in [0, 0.1) is 5.92 Å². The predicted molar refractivity (Wildman–Crippen MR) is 59.0 cm³/mol. The third-order valence-electron chi connectivity index (χ3n) is 3.59. The molecule has 94 valence electrons. The summed E-state index contributed by atoms with van der Waals surface area (Å²) in [5, 5.41) is 18.6. The highest BCUT2D eigenvalue weighted by Gasteiger charge is 2.43. The molecular weight excluding hydrogens is 211 g/mol. The Kier molecular flexibility index (Phi) is 4.71. The number of halogens is 1. The van der Waals surface area contributed by atoms with E-state index in [9.17, 15) is 14.3 Å². The number of hydrogen-bond acceptors (Lipinski definition) is 2. The van der Waals surface area contributed by atoms with Crippen molar-refractivity contribution in [3.8, 4) is 0 Å². The molecule has 1 aliphatic carbocycles. The summed E-state index contributed by atoms with van der Waals surface area (Å²) in [5.41, 5.74) is -1.64. The summed E-state index contributed by atoms with van der Waals surface area (Å²) in [5.74, 6) is -1.03. The van der Waals surface area contributed by atoms with E-state index < -0.39 is 17.7 Å². The number of aliphatic hydroxyl groups is 1. The van der Waals surface area contributed by atoms with Gasteiger partial charge in [0.25, 0.3) is 0 Å². The highest BCUT2D eigenvalue weighted by atomic mass is 19.1. The number of rotatable bonds is 4. The Morgan fingerprint density at radius 3 is 2.75 bits per heavy atom. The molecule has 3 unspecified atom stereocenters. The van der Waals surface area contributed by atoms with Crippen LogP contribution in [0.1, 0.15) is 51.9 Å². The van der Waals surface area contributed by atoms with Crippen molar-refractivity contribution in [2.45, 2.75) is 63.6 Å². The zero-order chi connectivity index (χ0) is 12.2. The maximum atomic E-state index is 13.4. The lowest BCUT2D eigenvalue weighted by atomic mass is 9.88. The van der Waals surface area contributed by atoms with Crippen molar-refractivity contribution in [2.24, 2.45) is 5.92 Å². The first-order valence-electron chi connectivity index (χ1n) is 6.09. The molecule has 1 aliphatic rings. The molecule has 0 spiro atoms. The van der Waals surface area contributed by atoms with Gasteiger partial charge in [0.15, 0.2) is 0 Å². The zero-order valence-electron chi connectivity index (χ0n) is 9.79. The van der Waals surface area contributed by atoms with Crippen molar-refractivity contribution in [2.75, 3.05) is 0 Å². The average Bonchev–Trinajstić information content (AvgIpc) is 2.42. The minimum atomic E-state index is -2.15. The number of carboxylic acid groups (broad SMARTS) is 1. The highest BCUT2D eigenvalue weighted by molar-refractivity contribution is 5.73. The fourth-order valence-corrected chi connectivity index (χ4v) is 2.60. The molecule has 0 amide bonds. The van der Waals surface area contributed by atoms with Crippen LogP contribution in [0.25, 0.3) is 0 Å². The van der Waals surface area contributed by atoms with Gasteiger partial charge >= 0.3 is 5.97 Å². The van der Waals surface area contributed by atoms with E-state index in [0.717, 1.165) is 32.1 Å². The molecule has 1 rings (SSSR count). The minimum absolute atomic E-state index is 0.265. The van der Waals surface area contributed by atoms with Crippen LogP contribution >= 0.6 is 0 Å². The maximum Gasteiger partial charge on any atom is 0.341 e. The number of aliphatic carboxylic acids is 1. The maximum absolute atomic E-state index is 13.4. The minimum Gasteiger partial charge on any atom is -0.479 e. The Bertz CT molecular complexity index is 244. The lowest BCUT2D eigenvalue weighted by Gasteiger charge is -2.27. The van der Waals surface area contributed by atoms with Crippen molar-refractivity contribution in [3.63, 3.8) is 0 Å². The van der Waals surface area contributed by atoms with Gasteiger partial charge in [-0.05, 0) is 25.2 Å². The topological polar surface area (TPSA) is 57.5 Å². The largest absolute Gasteiger partial charge is 0.479 e. The van der Waals surface area contributed by atoms with Gasteiger partial charge in [-0.25, -0.2) is 9.18 Å². The Balaban J connectivity index is 2.60. The van der Waals surface area contributed by atoms with Crippen LogP contribution in [-0.2, 0) is 4.79 Å². The second-order valence-electron chi connectivity index (χ2n) is 4.89. The monoisotopic (exact) mass is 232 g/mol. The van der Waals surface area contributed by atoms with Crippen molar-refractivity contribution in [3.05, 3.63) is 0 Å². The smallest absolute Gasteiger partial charge is 0.341 e. The van der Waals surface area contributed by atoms with E-state index in [1.54, 1.807) is 0 Å². The summed E-state index contributed by atoms with van der Waals surface area (Å²) in [4.78, 5) is 10.6. The zero-order valence-corrected chi connectivity index (χ0v) is 9.79. The van der Waals surface area contributed by atoms with Crippen molar-refractivity contribution >= 4 is 5.97 Å². The lowest BCUT2D eigenvalue weighted by molar-refractivity contribution is -0.155. The normalized spacial score (nSPS) is 33.1. The van der Waals surface area contributed by atoms with Gasteiger partial charge in [-0.3, -0.25) is 0 Å². The van der Waals surface area contributed by atoms with Gasteiger partial charge in [0, 0.05) is 0 Å². The molecule has 0 aromatic carbocycles. The van der Waals surface area contributed by atoms with Gasteiger partial charge in [-0.1, -0.05) is 32.6 Å². The van der Waals surface area contributed by atoms with Crippen LogP contribution in [-0.4, -0.2) is 28.0 Å². The molecule has 4 heteroatoms. The first-order chi connectivity index (χ1) is 7.49. The number of carboxylic acids is 1. The first kappa shape index (κ1) is 13.4. The standard InChI is InChI=1S/C12H21FO3/c1-2-4-9-5-3-7-12(16,8-6-9)10(13)11(14)15/h9-10,16H,2-8H2,1H3,(H,14,15). The van der Waals surface area contributed by atoms with Crippen LogP contribution in [0.4, 0.5) is 4.39 Å². The summed E-state index contributed by atoms with van der Waals surface area (Å²) in [7, 11) is 0. The molecule has 0 aliphatic heterocycles. The van der Waals surface area contributed by atoms with Crippen LogP contribution in [0.2, 0.25) is 0 Å². The van der Waals surface area contributed by atoms with Crippen LogP contribution in [0.5, 0.6) is 0 Å². The molecule has 0 bridgehead atoms. The molecule has 0 aromatic heterocycles. The number of hydrogen-bond donors (Lipinski definition) is 2. The summed E-state index contributed by atoms with van der Waals surface area (Å²) in [6, 6.07) is 0. The molecular formula is C12H21FO3. The summed E-state index contributed by atoms with van der Waals surface area (Å²) in [6.07, 6.45) is 2.98. The van der Waals surface area contributed by atoms with E-state index in [2.05, 4.69) is 6.92 Å². The van der Waals surface area contributed by atoms with Gasteiger partial charge in [-0.2, -0.15) is 0 Å². The van der Waals surface area contributed by atoms with Gasteiger partial charge in [0.2, 0.25) is 6.17 Å². The van der Waals surface area contributed by atoms with E-state index in [-0.39, 0.29) is 12.8 Å². The predicted octanol–water partition coefficient (Wildman–Crippen LogP) is 2.52. The molecule has 16 heavy (non-hydrogen) atoms. The fraction of sp³-hybridized carbons (Fsp3) is 0.917. The van der Waals surface area contributed by atoms with E-state index in [1.807, 2.05) is 0 Å². The highest BCUT2D eigenvalue weighted by Crippen LogP contribution is 2.35. The average molecular weight is 232 g/mol. The summed E-state index contributed by atoms with van der Waals surface area (Å²) >= 11 is 0. The third-order valence-corrected chi connectivity index (χ3v) is 3.59. The van der Waals surface area contributed by atoms with Crippen LogP contribution < -0.4 is 0 Å². The Hall–Kier alpha value is -0.640. The number of alkyl halides is 1. The van der Waals surface area contributed by atoms with Gasteiger partial charge < -0.3 is 10.2 Å². The molecule has 0 heterocycles. The number of carbonyl (C=O) groups is 1. The Morgan fingerprint density at radius 2 is 2.19 bits per heavy atom. The van der Waals surface area contributed by atoms with Crippen molar-refractivity contribution < 1.29 is 19.4 Å². The Labute approximate surface area is 95.7 Å². The second kappa shape index (κ2) is 5.62. The van der Waals surface area contributed by atoms with Crippen LogP contribution in [0.15, 0.2) is 0 Å². The van der Waals surface area contributed by atoms with Gasteiger partial charge in [-0.15, -0.1) is 0 Å². The van der Waals surface area contributed by atoms with E-state index in [1.165, 1.54) is 0 Å². The van der Waals surface area contributed by atoms with E-state index in [0.29, 0.717) is 5.92 Å². The van der Waals surface area contributed by atoms with E-state index in [4.69, 9.17) is 5.11 Å². The second-order valence-corrected chi connectivity index (χ2v) is 4.89. The Morgan fingerprint density at radius 1 is 1.50 bits per heavy atom. The van der Waals surface area contributed by atoms with Crippen molar-refractivity contribution in [1.29, 1.82) is 0 Å². The summed E-state index contributed by atoms with van der Waals surface area (Å²) < 4.78 is 13.4. The molecule has 3 atom stereocenters. The molecule has 2 N–H and O–H groups in total. The quantitative estimate of drug-likeness (QED) is 0.732. The van der Waals surface area contributed by atoms with Crippen LogP contribution in [0.3, 0.4) is 0 Å². The van der Waals surface area contributed by atoms with Gasteiger partial charge in [0.1, 0.15) is 5.60 Å². The molecule has 0 radical (unpaired) electrons. The first-order valence-corrected chi connectivity index (χ1v) is 6.09. The molecule has 0 saturated heterocycles. The molecule has 0 aromatic rings. The van der Waals surface area contributed by atoms with Crippen molar-refractivity contribution in [1.82, 2.24) is 0 Å².